The molecule has 2 aromatic heterocycles. The molecule has 4 aromatic rings. The third-order valence-corrected chi connectivity index (χ3v) is 7.10. The fraction of sp³-hybridized carbons (Fsp3) is 0.214. The quantitative estimate of drug-likeness (QED) is 0.377. The number of aromatic nitrogens is 2. The highest BCUT2D eigenvalue weighted by atomic mass is 32.1. The standard InChI is InChI=1S/C28H26N4O2S/c1-17-7-6-8-20(13-17)32-27(26(30-28(32)35)23-9-4-5-12-29-23)22-14-18(2)31(19(22)3)21-10-11-24-25(15-21)34-16-33-24/h4-15,26-27H,16H2,1-3H3,(H,30,35)/t26-,27-/m0/s1. The molecule has 2 atom stereocenters. The minimum atomic E-state index is -0.0880. The van der Waals surface area contributed by atoms with E-state index in [4.69, 9.17) is 21.7 Å². The van der Waals surface area contributed by atoms with E-state index in [9.17, 15) is 0 Å². The molecule has 2 aliphatic heterocycles. The number of anilines is 1. The Bertz CT molecular complexity index is 1430. The summed E-state index contributed by atoms with van der Waals surface area (Å²) in [5.74, 6) is 1.55. The third-order valence-electron chi connectivity index (χ3n) is 6.78. The first-order chi connectivity index (χ1) is 17.0. The van der Waals surface area contributed by atoms with E-state index in [0.717, 1.165) is 40.0 Å². The van der Waals surface area contributed by atoms with Gasteiger partial charge in [0.2, 0.25) is 6.79 Å². The van der Waals surface area contributed by atoms with Crippen LogP contribution in [0.3, 0.4) is 0 Å². The van der Waals surface area contributed by atoms with Gasteiger partial charge in [-0.1, -0.05) is 18.2 Å². The lowest BCUT2D eigenvalue weighted by Crippen LogP contribution is -2.29. The Labute approximate surface area is 210 Å². The zero-order valence-corrected chi connectivity index (χ0v) is 20.7. The van der Waals surface area contributed by atoms with Crippen molar-refractivity contribution >= 4 is 23.0 Å². The Morgan fingerprint density at radius 1 is 0.914 bits per heavy atom. The van der Waals surface area contributed by atoms with Crippen molar-refractivity contribution in [2.75, 3.05) is 11.7 Å². The molecule has 35 heavy (non-hydrogen) atoms. The maximum atomic E-state index is 5.90. The maximum absolute atomic E-state index is 5.90. The summed E-state index contributed by atoms with van der Waals surface area (Å²) in [5, 5.41) is 4.26. The highest BCUT2D eigenvalue weighted by Gasteiger charge is 2.42. The topological polar surface area (TPSA) is 51.6 Å². The molecule has 2 aromatic carbocycles. The van der Waals surface area contributed by atoms with Gasteiger partial charge in [0.25, 0.3) is 0 Å². The van der Waals surface area contributed by atoms with E-state index >= 15 is 0 Å². The number of fused-ring (bicyclic) bond motifs is 1. The highest BCUT2D eigenvalue weighted by molar-refractivity contribution is 7.80. The second-order valence-corrected chi connectivity index (χ2v) is 9.42. The molecular weight excluding hydrogens is 456 g/mol. The molecule has 0 bridgehead atoms. The largest absolute Gasteiger partial charge is 0.454 e. The third kappa shape index (κ3) is 3.63. The highest BCUT2D eigenvalue weighted by Crippen LogP contribution is 2.44. The van der Waals surface area contributed by atoms with E-state index in [0.29, 0.717) is 5.11 Å². The van der Waals surface area contributed by atoms with Crippen LogP contribution in [-0.4, -0.2) is 21.5 Å². The van der Waals surface area contributed by atoms with Crippen molar-refractivity contribution in [2.24, 2.45) is 0 Å². The Morgan fingerprint density at radius 3 is 2.57 bits per heavy atom. The summed E-state index contributed by atoms with van der Waals surface area (Å²) in [6.45, 7) is 6.66. The number of thiocarbonyl (C=S) groups is 1. The number of nitrogens with zero attached hydrogens (tertiary/aromatic N) is 3. The van der Waals surface area contributed by atoms with Gasteiger partial charge in [-0.15, -0.1) is 0 Å². The summed E-state index contributed by atoms with van der Waals surface area (Å²) in [5.41, 5.74) is 7.75. The second-order valence-electron chi connectivity index (χ2n) is 9.04. The van der Waals surface area contributed by atoms with Crippen molar-refractivity contribution < 1.29 is 9.47 Å². The molecule has 2 aliphatic rings. The second kappa shape index (κ2) is 8.43. The Hall–Kier alpha value is -3.84. The van der Waals surface area contributed by atoms with Crippen LogP contribution in [0.1, 0.15) is 40.3 Å². The molecule has 0 spiro atoms. The molecule has 0 radical (unpaired) electrons. The van der Waals surface area contributed by atoms with Gasteiger partial charge < -0.3 is 24.3 Å². The number of aryl methyl sites for hydroxylation is 2. The lowest BCUT2D eigenvalue weighted by atomic mass is 9.96. The summed E-state index contributed by atoms with van der Waals surface area (Å²) in [6.07, 6.45) is 1.84. The van der Waals surface area contributed by atoms with Gasteiger partial charge in [-0.25, -0.2) is 0 Å². The lowest BCUT2D eigenvalue weighted by Gasteiger charge is -2.28. The van der Waals surface area contributed by atoms with Crippen LogP contribution < -0.4 is 19.7 Å². The molecule has 1 saturated heterocycles. The predicted molar refractivity (Wildman–Crippen MR) is 140 cm³/mol. The van der Waals surface area contributed by atoms with Crippen molar-refractivity contribution in [3.63, 3.8) is 0 Å². The first kappa shape index (κ1) is 21.7. The summed E-state index contributed by atoms with van der Waals surface area (Å²) in [7, 11) is 0. The predicted octanol–water partition coefficient (Wildman–Crippen LogP) is 5.70. The van der Waals surface area contributed by atoms with Gasteiger partial charge >= 0.3 is 0 Å². The van der Waals surface area contributed by atoms with Crippen molar-refractivity contribution in [3.05, 3.63) is 101 Å². The summed E-state index contributed by atoms with van der Waals surface area (Å²) in [6, 6.07) is 22.7. The average Bonchev–Trinajstić information content (AvgIpc) is 3.54. The van der Waals surface area contributed by atoms with Crippen LogP contribution in [-0.2, 0) is 0 Å². The molecule has 0 saturated carbocycles. The van der Waals surface area contributed by atoms with Gasteiger partial charge in [0.05, 0.1) is 17.8 Å². The first-order valence-corrected chi connectivity index (χ1v) is 12.1. The molecule has 176 valence electrons. The Morgan fingerprint density at radius 2 is 1.77 bits per heavy atom. The fourth-order valence-electron chi connectivity index (χ4n) is 5.24. The van der Waals surface area contributed by atoms with Crippen LogP contribution in [0.25, 0.3) is 5.69 Å². The Kier molecular flexibility index (Phi) is 5.22. The van der Waals surface area contributed by atoms with Crippen LogP contribution in [0.4, 0.5) is 5.69 Å². The molecule has 4 heterocycles. The first-order valence-electron chi connectivity index (χ1n) is 11.7. The number of pyridine rings is 1. The van der Waals surface area contributed by atoms with Crippen LogP contribution in [0.15, 0.2) is 72.9 Å². The van der Waals surface area contributed by atoms with E-state index in [1.807, 2.05) is 30.5 Å². The van der Waals surface area contributed by atoms with Crippen molar-refractivity contribution in [1.29, 1.82) is 0 Å². The average molecular weight is 483 g/mol. The van der Waals surface area contributed by atoms with Gasteiger partial charge in [-0.2, -0.15) is 0 Å². The van der Waals surface area contributed by atoms with Crippen molar-refractivity contribution in [3.8, 4) is 17.2 Å². The normalized spacial score (nSPS) is 18.7. The summed E-state index contributed by atoms with van der Waals surface area (Å²) in [4.78, 5) is 6.92. The van der Waals surface area contributed by atoms with E-state index in [1.54, 1.807) is 0 Å². The maximum Gasteiger partial charge on any atom is 0.231 e. The molecule has 6 nitrogen and oxygen atoms in total. The SMILES string of the molecule is Cc1cccc(N2C(=S)N[C@@H](c3ccccn3)[C@@H]2c2cc(C)n(-c3ccc4c(c3)OCO4)c2C)c1. The van der Waals surface area contributed by atoms with Crippen LogP contribution in [0, 0.1) is 20.8 Å². The monoisotopic (exact) mass is 482 g/mol. The van der Waals surface area contributed by atoms with E-state index < -0.39 is 0 Å². The smallest absolute Gasteiger partial charge is 0.231 e. The van der Waals surface area contributed by atoms with Gasteiger partial charge in [0.15, 0.2) is 16.6 Å². The van der Waals surface area contributed by atoms with Crippen molar-refractivity contribution in [1.82, 2.24) is 14.9 Å². The van der Waals surface area contributed by atoms with Crippen LogP contribution in [0.2, 0.25) is 0 Å². The molecule has 1 fully saturated rings. The van der Waals surface area contributed by atoms with Crippen LogP contribution >= 0.6 is 12.2 Å². The van der Waals surface area contributed by atoms with Gasteiger partial charge in [-0.3, -0.25) is 4.98 Å². The molecular formula is C28H26N4O2S. The lowest BCUT2D eigenvalue weighted by molar-refractivity contribution is 0.174. The fourth-order valence-corrected chi connectivity index (χ4v) is 5.58. The number of rotatable bonds is 4. The molecule has 6 rings (SSSR count). The minimum absolute atomic E-state index is 0.0619. The number of benzene rings is 2. The zero-order chi connectivity index (χ0) is 24.1. The number of hydrogen-bond donors (Lipinski definition) is 1. The van der Waals surface area contributed by atoms with Gasteiger partial charge in [0.1, 0.15) is 0 Å². The van der Waals surface area contributed by atoms with Gasteiger partial charge in [0, 0.05) is 35.0 Å². The minimum Gasteiger partial charge on any atom is -0.454 e. The summed E-state index contributed by atoms with van der Waals surface area (Å²) >= 11 is 5.90. The van der Waals surface area contributed by atoms with E-state index in [1.165, 1.54) is 11.1 Å². The number of ether oxygens (including phenoxy) is 2. The van der Waals surface area contributed by atoms with Crippen LogP contribution in [0.5, 0.6) is 11.5 Å². The van der Waals surface area contributed by atoms with Crippen molar-refractivity contribution in [2.45, 2.75) is 32.9 Å². The Balaban J connectivity index is 1.50. The molecule has 1 N–H and O–H groups in total. The van der Waals surface area contributed by atoms with E-state index in [-0.39, 0.29) is 18.9 Å². The number of nitrogens with one attached hydrogen (secondary N) is 1. The number of hydrogen-bond acceptors (Lipinski definition) is 4. The molecule has 0 unspecified atom stereocenters. The molecule has 0 amide bonds. The molecule has 7 heteroatoms. The van der Waals surface area contributed by atoms with Gasteiger partial charge in [-0.05, 0) is 86.6 Å². The zero-order valence-electron chi connectivity index (χ0n) is 19.9. The van der Waals surface area contributed by atoms with E-state index in [2.05, 4.69) is 83.0 Å². The summed E-state index contributed by atoms with van der Waals surface area (Å²) < 4.78 is 13.4. The molecule has 0 aliphatic carbocycles.